The number of benzene rings is 2. The van der Waals surface area contributed by atoms with E-state index < -0.39 is 23.2 Å². The fourth-order valence-corrected chi connectivity index (χ4v) is 4.56. The summed E-state index contributed by atoms with van der Waals surface area (Å²) in [6.07, 6.45) is -1.09. The highest BCUT2D eigenvalue weighted by Crippen LogP contribution is 2.47. The van der Waals surface area contributed by atoms with Crippen LogP contribution < -0.4 is 9.64 Å². The van der Waals surface area contributed by atoms with Crippen LogP contribution in [0.3, 0.4) is 0 Å². The molecule has 0 radical (unpaired) electrons. The van der Waals surface area contributed by atoms with Gasteiger partial charge in [0.1, 0.15) is 12.3 Å². The van der Waals surface area contributed by atoms with E-state index in [9.17, 15) is 14.9 Å². The molecule has 3 rings (SSSR count). The first kappa shape index (κ1) is 20.1. The van der Waals surface area contributed by atoms with Gasteiger partial charge in [-0.1, -0.05) is 23.7 Å². The number of carbonyl (C=O) groups excluding carboxylic acids is 2. The number of ether oxygens (including phenoxy) is 2. The molecule has 1 amide bonds. The lowest BCUT2D eigenvalue weighted by Gasteiger charge is -2.26. The predicted octanol–water partition coefficient (Wildman–Crippen LogP) is 3.98. The van der Waals surface area contributed by atoms with E-state index in [0.29, 0.717) is 16.5 Å². The SMILES string of the molecule is COc1ccc([C@@H]2Sc3cc(Cl)ccc3N(CC#N)C(=O)[C@@H]2OC(C)=O)cc1. The van der Waals surface area contributed by atoms with Crippen LogP contribution in [-0.4, -0.2) is 31.6 Å². The predicted molar refractivity (Wildman–Crippen MR) is 107 cm³/mol. The Balaban J connectivity index is 2.13. The van der Waals surface area contributed by atoms with Gasteiger partial charge in [-0.05, 0) is 35.9 Å². The summed E-state index contributed by atoms with van der Waals surface area (Å²) in [5, 5.41) is 9.22. The van der Waals surface area contributed by atoms with Crippen molar-refractivity contribution in [1.29, 1.82) is 5.26 Å². The Morgan fingerprint density at radius 2 is 2.00 bits per heavy atom. The molecule has 0 aromatic heterocycles. The third-order valence-electron chi connectivity index (χ3n) is 4.22. The first-order valence-corrected chi connectivity index (χ1v) is 9.66. The maximum absolute atomic E-state index is 13.3. The second-order valence-corrected chi connectivity index (χ2v) is 7.66. The number of fused-ring (bicyclic) bond motifs is 1. The third kappa shape index (κ3) is 4.08. The summed E-state index contributed by atoms with van der Waals surface area (Å²) in [4.78, 5) is 27.0. The molecular weight excluding hydrogens is 400 g/mol. The molecule has 28 heavy (non-hydrogen) atoms. The lowest BCUT2D eigenvalue weighted by Crippen LogP contribution is -2.42. The molecule has 0 fully saturated rings. The first-order chi connectivity index (χ1) is 13.4. The van der Waals surface area contributed by atoms with Gasteiger partial charge in [0.15, 0.2) is 6.10 Å². The standard InChI is InChI=1S/C20H17ClN2O4S/c1-12(24)27-18-19(13-3-6-15(26-2)7-4-13)28-17-11-14(21)5-8-16(17)23(10-9-22)20(18)25/h3-8,11,18-19H,10H2,1-2H3/t18-,19+/m1/s1. The molecule has 0 N–H and O–H groups in total. The zero-order valence-corrected chi connectivity index (χ0v) is 16.8. The van der Waals surface area contributed by atoms with E-state index in [4.69, 9.17) is 21.1 Å². The molecule has 144 valence electrons. The van der Waals surface area contributed by atoms with Crippen LogP contribution >= 0.6 is 23.4 Å². The monoisotopic (exact) mass is 416 g/mol. The first-order valence-electron chi connectivity index (χ1n) is 8.40. The minimum Gasteiger partial charge on any atom is -0.497 e. The van der Waals surface area contributed by atoms with Gasteiger partial charge < -0.3 is 9.47 Å². The second kappa shape index (κ2) is 8.55. The van der Waals surface area contributed by atoms with Gasteiger partial charge in [-0.25, -0.2) is 0 Å². The number of nitrogens with zero attached hydrogens (tertiary/aromatic N) is 2. The fourth-order valence-electron chi connectivity index (χ4n) is 2.97. The van der Waals surface area contributed by atoms with Crippen molar-refractivity contribution < 1.29 is 19.1 Å². The highest BCUT2D eigenvalue weighted by atomic mass is 35.5. The number of rotatable bonds is 4. The van der Waals surface area contributed by atoms with Crippen LogP contribution in [0.4, 0.5) is 5.69 Å². The summed E-state index contributed by atoms with van der Waals surface area (Å²) >= 11 is 7.53. The van der Waals surface area contributed by atoms with Crippen molar-refractivity contribution in [3.05, 3.63) is 53.1 Å². The van der Waals surface area contributed by atoms with Crippen LogP contribution in [0, 0.1) is 11.3 Å². The van der Waals surface area contributed by atoms with Gasteiger partial charge in [-0.15, -0.1) is 11.8 Å². The van der Waals surface area contributed by atoms with E-state index in [0.717, 1.165) is 10.5 Å². The van der Waals surface area contributed by atoms with Crippen molar-refractivity contribution in [3.63, 3.8) is 0 Å². The van der Waals surface area contributed by atoms with E-state index in [-0.39, 0.29) is 6.54 Å². The number of nitriles is 1. The number of hydrogen-bond donors (Lipinski definition) is 0. The van der Waals surface area contributed by atoms with Crippen LogP contribution in [0.1, 0.15) is 17.7 Å². The van der Waals surface area contributed by atoms with Gasteiger partial charge in [0.05, 0.1) is 24.1 Å². The molecule has 0 aliphatic carbocycles. The molecule has 8 heteroatoms. The smallest absolute Gasteiger partial charge is 0.303 e. The molecule has 0 saturated carbocycles. The van der Waals surface area contributed by atoms with E-state index in [1.807, 2.05) is 18.2 Å². The van der Waals surface area contributed by atoms with Crippen molar-refractivity contribution in [1.82, 2.24) is 0 Å². The Bertz CT molecular complexity index is 942. The highest BCUT2D eigenvalue weighted by Gasteiger charge is 2.40. The molecule has 0 saturated heterocycles. The van der Waals surface area contributed by atoms with Gasteiger partial charge in [-0.2, -0.15) is 5.26 Å². The van der Waals surface area contributed by atoms with Gasteiger partial charge >= 0.3 is 5.97 Å². The molecule has 2 aromatic rings. The number of thioether (sulfide) groups is 1. The number of anilines is 1. The Labute approximate surface area is 172 Å². The fraction of sp³-hybridized carbons (Fsp3) is 0.250. The summed E-state index contributed by atoms with van der Waals surface area (Å²) in [5.41, 5.74) is 1.35. The molecule has 2 aromatic carbocycles. The van der Waals surface area contributed by atoms with Gasteiger partial charge in [0, 0.05) is 16.8 Å². The second-order valence-electron chi connectivity index (χ2n) is 6.04. The molecule has 1 heterocycles. The molecule has 1 aliphatic heterocycles. The molecule has 1 aliphatic rings. The molecule has 6 nitrogen and oxygen atoms in total. The van der Waals surface area contributed by atoms with E-state index >= 15 is 0 Å². The van der Waals surface area contributed by atoms with Crippen molar-refractivity contribution in [3.8, 4) is 11.8 Å². The summed E-state index contributed by atoms with van der Waals surface area (Å²) in [6.45, 7) is 1.09. The van der Waals surface area contributed by atoms with Crippen LogP contribution in [0.15, 0.2) is 47.4 Å². The highest BCUT2D eigenvalue weighted by molar-refractivity contribution is 7.99. The molecule has 2 atom stereocenters. The van der Waals surface area contributed by atoms with Gasteiger partial charge in [-0.3, -0.25) is 14.5 Å². The van der Waals surface area contributed by atoms with Crippen molar-refractivity contribution >= 4 is 40.9 Å². The number of esters is 1. The summed E-state index contributed by atoms with van der Waals surface area (Å²) in [7, 11) is 1.57. The average Bonchev–Trinajstić information content (AvgIpc) is 2.78. The van der Waals surface area contributed by atoms with Crippen molar-refractivity contribution in [2.75, 3.05) is 18.6 Å². The summed E-state index contributed by atoms with van der Waals surface area (Å²) in [5.74, 6) is -0.350. The van der Waals surface area contributed by atoms with Crippen LogP contribution in [0.25, 0.3) is 0 Å². The maximum Gasteiger partial charge on any atom is 0.303 e. The van der Waals surface area contributed by atoms with E-state index in [1.165, 1.54) is 23.6 Å². The topological polar surface area (TPSA) is 79.6 Å². The average molecular weight is 417 g/mol. The summed E-state index contributed by atoms with van der Waals surface area (Å²) in [6, 6.07) is 14.3. The zero-order valence-electron chi connectivity index (χ0n) is 15.2. The normalized spacial score (nSPS) is 18.6. The van der Waals surface area contributed by atoms with Gasteiger partial charge in [0.2, 0.25) is 0 Å². The molecule has 0 spiro atoms. The Hall–Kier alpha value is -2.69. The van der Waals surface area contributed by atoms with Crippen molar-refractivity contribution in [2.45, 2.75) is 23.2 Å². The van der Waals surface area contributed by atoms with Crippen LogP contribution in [0.5, 0.6) is 5.75 Å². The summed E-state index contributed by atoms with van der Waals surface area (Å²) < 4.78 is 10.6. The van der Waals surface area contributed by atoms with E-state index in [2.05, 4.69) is 0 Å². The Kier molecular flexibility index (Phi) is 6.12. The maximum atomic E-state index is 13.3. The van der Waals surface area contributed by atoms with Crippen LogP contribution in [0.2, 0.25) is 5.02 Å². The lowest BCUT2D eigenvalue weighted by atomic mass is 10.1. The number of halogens is 1. The minimum atomic E-state index is -1.09. The molecule has 0 bridgehead atoms. The largest absolute Gasteiger partial charge is 0.497 e. The van der Waals surface area contributed by atoms with Crippen LogP contribution in [-0.2, 0) is 14.3 Å². The van der Waals surface area contributed by atoms with Crippen molar-refractivity contribution in [2.24, 2.45) is 0 Å². The lowest BCUT2D eigenvalue weighted by molar-refractivity contribution is -0.152. The van der Waals surface area contributed by atoms with Gasteiger partial charge in [0.25, 0.3) is 5.91 Å². The Morgan fingerprint density at radius 3 is 2.61 bits per heavy atom. The minimum absolute atomic E-state index is 0.166. The Morgan fingerprint density at radius 1 is 1.29 bits per heavy atom. The number of methoxy groups -OCH3 is 1. The number of hydrogen-bond acceptors (Lipinski definition) is 6. The zero-order chi connectivity index (χ0) is 20.3. The third-order valence-corrected chi connectivity index (χ3v) is 5.81. The molecular formula is C20H17ClN2O4S. The number of carbonyl (C=O) groups is 2. The number of amides is 1. The van der Waals surface area contributed by atoms with E-state index in [1.54, 1.807) is 37.4 Å². The molecule has 0 unspecified atom stereocenters. The quantitative estimate of drug-likeness (QED) is 0.554.